The Bertz CT molecular complexity index is 321. The molecule has 76 valence electrons. The van der Waals surface area contributed by atoms with Crippen molar-refractivity contribution in [1.29, 1.82) is 0 Å². The molecule has 1 aromatic heterocycles. The van der Waals surface area contributed by atoms with Crippen molar-refractivity contribution in [2.45, 2.75) is 26.2 Å². The zero-order valence-electron chi connectivity index (χ0n) is 8.39. The van der Waals surface area contributed by atoms with Gasteiger partial charge in [-0.25, -0.2) is 4.98 Å². The van der Waals surface area contributed by atoms with Gasteiger partial charge >= 0.3 is 0 Å². The SMILES string of the molecule is Cc1ccc(Cl)c(NCCC2CC2)n1. The van der Waals surface area contributed by atoms with Crippen molar-refractivity contribution in [3.05, 3.63) is 22.8 Å². The van der Waals surface area contributed by atoms with E-state index in [0.29, 0.717) is 5.02 Å². The predicted molar refractivity (Wildman–Crippen MR) is 59.8 cm³/mol. The Morgan fingerprint density at radius 3 is 3.00 bits per heavy atom. The molecule has 1 aliphatic carbocycles. The summed E-state index contributed by atoms with van der Waals surface area (Å²) in [7, 11) is 0. The van der Waals surface area contributed by atoms with E-state index in [1.165, 1.54) is 19.3 Å². The zero-order valence-corrected chi connectivity index (χ0v) is 9.14. The van der Waals surface area contributed by atoms with Crippen molar-refractivity contribution < 1.29 is 0 Å². The van der Waals surface area contributed by atoms with Crippen LogP contribution in [0.5, 0.6) is 0 Å². The zero-order chi connectivity index (χ0) is 9.97. The van der Waals surface area contributed by atoms with Gasteiger partial charge in [0, 0.05) is 12.2 Å². The van der Waals surface area contributed by atoms with Crippen LogP contribution in [0, 0.1) is 12.8 Å². The maximum atomic E-state index is 6.00. The van der Waals surface area contributed by atoms with E-state index in [4.69, 9.17) is 11.6 Å². The van der Waals surface area contributed by atoms with Crippen LogP contribution in [-0.4, -0.2) is 11.5 Å². The fourth-order valence-electron chi connectivity index (χ4n) is 1.46. The molecule has 0 atom stereocenters. The van der Waals surface area contributed by atoms with E-state index in [1.807, 2.05) is 19.1 Å². The average Bonchev–Trinajstić information content (AvgIpc) is 2.95. The summed E-state index contributed by atoms with van der Waals surface area (Å²) in [5, 5.41) is 4.00. The molecule has 0 spiro atoms. The van der Waals surface area contributed by atoms with E-state index >= 15 is 0 Å². The molecule has 3 heteroatoms. The highest BCUT2D eigenvalue weighted by Crippen LogP contribution is 2.32. The number of hydrogen-bond donors (Lipinski definition) is 1. The van der Waals surface area contributed by atoms with Crippen molar-refractivity contribution in [2.24, 2.45) is 5.92 Å². The van der Waals surface area contributed by atoms with Gasteiger partial charge < -0.3 is 5.32 Å². The molecule has 0 radical (unpaired) electrons. The van der Waals surface area contributed by atoms with Gasteiger partial charge in [0.25, 0.3) is 0 Å². The number of rotatable bonds is 4. The monoisotopic (exact) mass is 210 g/mol. The van der Waals surface area contributed by atoms with Gasteiger partial charge in [-0.05, 0) is 31.4 Å². The summed E-state index contributed by atoms with van der Waals surface area (Å²) in [5.41, 5.74) is 1.00. The maximum absolute atomic E-state index is 6.00. The highest BCUT2D eigenvalue weighted by atomic mass is 35.5. The van der Waals surface area contributed by atoms with Crippen molar-refractivity contribution >= 4 is 17.4 Å². The van der Waals surface area contributed by atoms with Gasteiger partial charge in [-0.2, -0.15) is 0 Å². The molecule has 1 aromatic rings. The highest BCUT2D eigenvalue weighted by molar-refractivity contribution is 6.32. The summed E-state index contributed by atoms with van der Waals surface area (Å²) in [5.74, 6) is 1.78. The molecule has 0 saturated heterocycles. The Balaban J connectivity index is 1.89. The molecule has 0 unspecified atom stereocenters. The number of nitrogens with zero attached hydrogens (tertiary/aromatic N) is 1. The summed E-state index contributed by atoms with van der Waals surface area (Å²) in [6, 6.07) is 3.82. The minimum absolute atomic E-state index is 0.714. The van der Waals surface area contributed by atoms with Gasteiger partial charge in [0.15, 0.2) is 0 Å². The molecule has 1 saturated carbocycles. The summed E-state index contributed by atoms with van der Waals surface area (Å²) < 4.78 is 0. The topological polar surface area (TPSA) is 24.9 Å². The van der Waals surface area contributed by atoms with E-state index < -0.39 is 0 Å². The van der Waals surface area contributed by atoms with Gasteiger partial charge in [0.1, 0.15) is 5.82 Å². The molecule has 1 N–H and O–H groups in total. The molecular weight excluding hydrogens is 196 g/mol. The van der Waals surface area contributed by atoms with Crippen LogP contribution in [0.1, 0.15) is 25.0 Å². The largest absolute Gasteiger partial charge is 0.369 e. The lowest BCUT2D eigenvalue weighted by molar-refractivity contribution is 0.758. The Morgan fingerprint density at radius 1 is 1.50 bits per heavy atom. The van der Waals surface area contributed by atoms with Gasteiger partial charge in [0.2, 0.25) is 0 Å². The average molecular weight is 211 g/mol. The van der Waals surface area contributed by atoms with E-state index in [2.05, 4.69) is 10.3 Å². The van der Waals surface area contributed by atoms with Gasteiger partial charge in [-0.3, -0.25) is 0 Å². The number of nitrogens with one attached hydrogen (secondary N) is 1. The third kappa shape index (κ3) is 2.61. The third-order valence-corrected chi connectivity index (χ3v) is 2.83. The minimum atomic E-state index is 0.714. The second kappa shape index (κ2) is 4.18. The number of aryl methyl sites for hydroxylation is 1. The third-order valence-electron chi connectivity index (χ3n) is 2.53. The molecule has 1 heterocycles. The molecule has 0 aliphatic heterocycles. The van der Waals surface area contributed by atoms with Crippen molar-refractivity contribution in [1.82, 2.24) is 4.98 Å². The van der Waals surface area contributed by atoms with Crippen LogP contribution < -0.4 is 5.32 Å². The molecule has 0 aromatic carbocycles. The van der Waals surface area contributed by atoms with Crippen LogP contribution in [0.2, 0.25) is 5.02 Å². The summed E-state index contributed by atoms with van der Waals surface area (Å²) in [4.78, 5) is 4.35. The first-order chi connectivity index (χ1) is 6.75. The Labute approximate surface area is 89.7 Å². The molecule has 0 bridgehead atoms. The lowest BCUT2D eigenvalue weighted by Crippen LogP contribution is -2.05. The van der Waals surface area contributed by atoms with Crippen LogP contribution in [0.25, 0.3) is 0 Å². The van der Waals surface area contributed by atoms with Crippen molar-refractivity contribution in [3.63, 3.8) is 0 Å². The Morgan fingerprint density at radius 2 is 2.29 bits per heavy atom. The lowest BCUT2D eigenvalue weighted by Gasteiger charge is -2.07. The smallest absolute Gasteiger partial charge is 0.145 e. The summed E-state index contributed by atoms with van der Waals surface area (Å²) in [6.45, 7) is 2.96. The highest BCUT2D eigenvalue weighted by Gasteiger charge is 2.20. The first-order valence-corrected chi connectivity index (χ1v) is 5.50. The van der Waals surface area contributed by atoms with Crippen LogP contribution in [0.4, 0.5) is 5.82 Å². The lowest BCUT2D eigenvalue weighted by atomic mass is 10.3. The van der Waals surface area contributed by atoms with E-state index in [9.17, 15) is 0 Å². The van der Waals surface area contributed by atoms with Gasteiger partial charge in [-0.15, -0.1) is 0 Å². The van der Waals surface area contributed by atoms with Crippen LogP contribution >= 0.6 is 11.6 Å². The normalized spacial score (nSPS) is 15.6. The number of halogens is 1. The quantitative estimate of drug-likeness (QED) is 0.825. The maximum Gasteiger partial charge on any atom is 0.145 e. The Hall–Kier alpha value is -0.760. The van der Waals surface area contributed by atoms with Crippen LogP contribution in [-0.2, 0) is 0 Å². The van der Waals surface area contributed by atoms with E-state index in [-0.39, 0.29) is 0 Å². The molecule has 1 fully saturated rings. The molecule has 1 aliphatic rings. The van der Waals surface area contributed by atoms with Crippen molar-refractivity contribution in [2.75, 3.05) is 11.9 Å². The first-order valence-electron chi connectivity index (χ1n) is 5.13. The molecule has 2 rings (SSSR count). The molecule has 14 heavy (non-hydrogen) atoms. The Kier molecular flexibility index (Phi) is 2.92. The minimum Gasteiger partial charge on any atom is -0.369 e. The predicted octanol–water partition coefficient (Wildman–Crippen LogP) is 3.26. The summed E-state index contributed by atoms with van der Waals surface area (Å²) in [6.07, 6.45) is 4.04. The summed E-state index contributed by atoms with van der Waals surface area (Å²) >= 11 is 6.00. The van der Waals surface area contributed by atoms with E-state index in [0.717, 1.165) is 24.0 Å². The van der Waals surface area contributed by atoms with Crippen LogP contribution in [0.3, 0.4) is 0 Å². The van der Waals surface area contributed by atoms with Crippen LogP contribution in [0.15, 0.2) is 12.1 Å². The standard InChI is InChI=1S/C11H15ClN2/c1-8-2-5-10(12)11(14-8)13-7-6-9-3-4-9/h2,5,9H,3-4,6-7H2,1H3,(H,13,14). The fraction of sp³-hybridized carbons (Fsp3) is 0.545. The molecule has 0 amide bonds. The van der Waals surface area contributed by atoms with E-state index in [1.54, 1.807) is 0 Å². The fourth-order valence-corrected chi connectivity index (χ4v) is 1.64. The number of anilines is 1. The molecule has 2 nitrogen and oxygen atoms in total. The van der Waals surface area contributed by atoms with Gasteiger partial charge in [0.05, 0.1) is 5.02 Å². The first kappa shape index (κ1) is 9.78. The van der Waals surface area contributed by atoms with Crippen molar-refractivity contribution in [3.8, 4) is 0 Å². The number of hydrogen-bond acceptors (Lipinski definition) is 2. The second-order valence-corrected chi connectivity index (χ2v) is 4.35. The molecular formula is C11H15ClN2. The number of pyridine rings is 1. The number of aromatic nitrogens is 1. The van der Waals surface area contributed by atoms with Gasteiger partial charge in [-0.1, -0.05) is 24.4 Å². The second-order valence-electron chi connectivity index (χ2n) is 3.94.